The fraction of sp³-hybridized carbons (Fsp3) is 0.231. The van der Waals surface area contributed by atoms with E-state index in [9.17, 15) is 4.79 Å². The lowest BCUT2D eigenvalue weighted by Gasteiger charge is -2.19. The van der Waals surface area contributed by atoms with Crippen LogP contribution >= 0.6 is 0 Å². The highest BCUT2D eigenvalue weighted by Gasteiger charge is 2.12. The monoisotopic (exact) mass is 274 g/mol. The summed E-state index contributed by atoms with van der Waals surface area (Å²) in [4.78, 5) is 15.7. The number of aromatic nitrogens is 2. The molecule has 1 aromatic carbocycles. The van der Waals surface area contributed by atoms with Gasteiger partial charge in [0.1, 0.15) is 11.5 Å². The molecule has 0 bridgehead atoms. The number of H-pyrrole nitrogens is 1. The van der Waals surface area contributed by atoms with Crippen LogP contribution in [0.5, 0.6) is 0 Å². The van der Waals surface area contributed by atoms with Crippen molar-refractivity contribution in [3.05, 3.63) is 40.2 Å². The van der Waals surface area contributed by atoms with Crippen molar-refractivity contribution in [1.82, 2.24) is 10.1 Å². The van der Waals surface area contributed by atoms with Gasteiger partial charge in [0.05, 0.1) is 23.4 Å². The van der Waals surface area contributed by atoms with Crippen LogP contribution in [0.25, 0.3) is 11.1 Å². The molecule has 0 saturated heterocycles. The summed E-state index contributed by atoms with van der Waals surface area (Å²) in [6, 6.07) is 5.28. The first-order valence-electron chi connectivity index (χ1n) is 6.08. The van der Waals surface area contributed by atoms with E-state index in [4.69, 9.17) is 14.7 Å². The number of hydrogen-bond donors (Lipinski definition) is 2. The van der Waals surface area contributed by atoms with Crippen LogP contribution < -0.4 is 16.4 Å². The Morgan fingerprint density at radius 3 is 2.90 bits per heavy atom. The Morgan fingerprint density at radius 1 is 1.40 bits per heavy atom. The summed E-state index contributed by atoms with van der Waals surface area (Å²) in [7, 11) is 1.89. The van der Waals surface area contributed by atoms with E-state index in [2.05, 4.69) is 10.1 Å². The van der Waals surface area contributed by atoms with Crippen molar-refractivity contribution in [2.75, 3.05) is 17.7 Å². The molecule has 0 fully saturated rings. The van der Waals surface area contributed by atoms with E-state index in [1.54, 1.807) is 12.1 Å². The minimum absolute atomic E-state index is 0.446. The Balaban J connectivity index is 1.95. The highest BCUT2D eigenvalue weighted by atomic mass is 16.5. The van der Waals surface area contributed by atoms with Gasteiger partial charge in [0.2, 0.25) is 0 Å². The molecule has 7 heteroatoms. The van der Waals surface area contributed by atoms with E-state index in [1.165, 1.54) is 0 Å². The fourth-order valence-electron chi connectivity index (χ4n) is 2.15. The molecule has 0 spiro atoms. The van der Waals surface area contributed by atoms with Gasteiger partial charge in [-0.15, -0.1) is 0 Å². The molecule has 0 amide bonds. The highest BCUT2D eigenvalue weighted by molar-refractivity contribution is 5.85. The number of hydrogen-bond acceptors (Lipinski definition) is 6. The number of anilines is 2. The third-order valence-corrected chi connectivity index (χ3v) is 3.06. The number of oxazole rings is 1. The van der Waals surface area contributed by atoms with E-state index in [0.29, 0.717) is 23.3 Å². The molecule has 20 heavy (non-hydrogen) atoms. The number of nitrogen functional groups attached to an aromatic ring is 1. The number of rotatable bonds is 3. The van der Waals surface area contributed by atoms with Gasteiger partial charge < -0.3 is 19.6 Å². The number of nitrogens with zero attached hydrogens (tertiary/aromatic N) is 2. The molecule has 0 saturated carbocycles. The number of nitrogens with one attached hydrogen (secondary N) is 1. The minimum atomic E-state index is -0.494. The second kappa shape index (κ2) is 4.44. The van der Waals surface area contributed by atoms with Gasteiger partial charge in [0.15, 0.2) is 5.58 Å². The second-order valence-corrected chi connectivity index (χ2v) is 4.71. The fourth-order valence-corrected chi connectivity index (χ4v) is 2.15. The molecule has 0 atom stereocenters. The molecule has 3 aromatic rings. The van der Waals surface area contributed by atoms with Gasteiger partial charge in [-0.1, -0.05) is 5.16 Å². The van der Waals surface area contributed by atoms with Gasteiger partial charge in [-0.25, -0.2) is 4.79 Å². The molecule has 3 N–H and O–H groups in total. The lowest BCUT2D eigenvalue weighted by molar-refractivity contribution is 0.390. The van der Waals surface area contributed by atoms with Crippen molar-refractivity contribution < 1.29 is 8.94 Å². The Kier molecular flexibility index (Phi) is 2.74. The lowest BCUT2D eigenvalue weighted by atomic mass is 10.2. The maximum atomic E-state index is 11.2. The van der Waals surface area contributed by atoms with Crippen molar-refractivity contribution in [1.29, 1.82) is 0 Å². The molecule has 0 aliphatic rings. The standard InChI is InChI=1S/C13H14N4O3/c1-7-3-8(16-20-7)6-17(2)11-5-10-12(4-9(11)14)19-13(18)15-10/h3-5H,6,14H2,1-2H3,(H,15,18). The third-order valence-electron chi connectivity index (χ3n) is 3.06. The van der Waals surface area contributed by atoms with Gasteiger partial charge in [-0.3, -0.25) is 4.98 Å². The van der Waals surface area contributed by atoms with Crippen LogP contribution in [0.2, 0.25) is 0 Å². The number of benzene rings is 1. The van der Waals surface area contributed by atoms with Gasteiger partial charge in [0, 0.05) is 19.2 Å². The predicted octanol–water partition coefficient (Wildman–Crippen LogP) is 1.64. The molecule has 0 radical (unpaired) electrons. The Labute approximate surface area is 114 Å². The minimum Gasteiger partial charge on any atom is -0.408 e. The molecule has 0 aliphatic heterocycles. The maximum absolute atomic E-state index is 11.2. The van der Waals surface area contributed by atoms with Crippen molar-refractivity contribution in [2.24, 2.45) is 0 Å². The molecule has 3 rings (SSSR count). The average molecular weight is 274 g/mol. The van der Waals surface area contributed by atoms with Crippen LogP contribution in [0, 0.1) is 6.92 Å². The van der Waals surface area contributed by atoms with Crippen molar-refractivity contribution in [3.8, 4) is 0 Å². The van der Waals surface area contributed by atoms with Gasteiger partial charge in [-0.05, 0) is 13.0 Å². The lowest BCUT2D eigenvalue weighted by Crippen LogP contribution is -2.18. The molecule has 104 valence electrons. The van der Waals surface area contributed by atoms with Crippen LogP contribution in [0.4, 0.5) is 11.4 Å². The predicted molar refractivity (Wildman–Crippen MR) is 74.6 cm³/mol. The van der Waals surface area contributed by atoms with Crippen molar-refractivity contribution >= 4 is 22.5 Å². The molecule has 2 heterocycles. The average Bonchev–Trinajstić information content (AvgIpc) is 2.93. The van der Waals surface area contributed by atoms with Crippen molar-refractivity contribution in [3.63, 3.8) is 0 Å². The Bertz CT molecular complexity index is 814. The summed E-state index contributed by atoms with van der Waals surface area (Å²) in [5.74, 6) is 0.266. The maximum Gasteiger partial charge on any atom is 0.417 e. The second-order valence-electron chi connectivity index (χ2n) is 4.71. The summed E-state index contributed by atoms with van der Waals surface area (Å²) in [5, 5.41) is 3.94. The quantitative estimate of drug-likeness (QED) is 0.704. The molecule has 7 nitrogen and oxygen atoms in total. The van der Waals surface area contributed by atoms with Crippen LogP contribution in [0.1, 0.15) is 11.5 Å². The first-order chi connectivity index (χ1) is 9.52. The van der Waals surface area contributed by atoms with E-state index >= 15 is 0 Å². The number of aryl methyl sites for hydroxylation is 1. The van der Waals surface area contributed by atoms with Crippen LogP contribution in [0.3, 0.4) is 0 Å². The van der Waals surface area contributed by atoms with Crippen LogP contribution in [-0.2, 0) is 6.54 Å². The van der Waals surface area contributed by atoms with E-state index in [1.807, 2.05) is 24.9 Å². The summed E-state index contributed by atoms with van der Waals surface area (Å²) in [6.45, 7) is 2.39. The van der Waals surface area contributed by atoms with Crippen molar-refractivity contribution in [2.45, 2.75) is 13.5 Å². The summed E-state index contributed by atoms with van der Waals surface area (Å²) >= 11 is 0. The zero-order valence-corrected chi connectivity index (χ0v) is 11.1. The number of nitrogens with two attached hydrogens (primary N) is 1. The Hall–Kier alpha value is -2.70. The third kappa shape index (κ3) is 2.13. The zero-order valence-electron chi connectivity index (χ0n) is 11.1. The van der Waals surface area contributed by atoms with Crippen LogP contribution in [0.15, 0.2) is 31.9 Å². The molecule has 0 unspecified atom stereocenters. The van der Waals surface area contributed by atoms with Gasteiger partial charge in [-0.2, -0.15) is 0 Å². The van der Waals surface area contributed by atoms with Gasteiger partial charge >= 0.3 is 5.76 Å². The van der Waals surface area contributed by atoms with E-state index in [0.717, 1.165) is 17.1 Å². The molecular weight excluding hydrogens is 260 g/mol. The number of fused-ring (bicyclic) bond motifs is 1. The van der Waals surface area contributed by atoms with Gasteiger partial charge in [0.25, 0.3) is 0 Å². The summed E-state index contributed by atoms with van der Waals surface area (Å²) in [6.07, 6.45) is 0. The first kappa shape index (κ1) is 12.3. The molecule has 0 aliphatic carbocycles. The molecule has 2 aromatic heterocycles. The topological polar surface area (TPSA) is 101 Å². The summed E-state index contributed by atoms with van der Waals surface area (Å²) < 4.78 is 10.0. The number of aromatic amines is 1. The Morgan fingerprint density at radius 2 is 2.20 bits per heavy atom. The largest absolute Gasteiger partial charge is 0.417 e. The van der Waals surface area contributed by atoms with E-state index < -0.39 is 5.76 Å². The smallest absolute Gasteiger partial charge is 0.408 e. The zero-order chi connectivity index (χ0) is 14.3. The highest BCUT2D eigenvalue weighted by Crippen LogP contribution is 2.28. The van der Waals surface area contributed by atoms with Crippen LogP contribution in [-0.4, -0.2) is 17.2 Å². The SMILES string of the molecule is Cc1cc(CN(C)c2cc3[nH]c(=O)oc3cc2N)no1. The summed E-state index contributed by atoms with van der Waals surface area (Å²) in [5.41, 5.74) is 9.18. The molecular formula is C13H14N4O3. The first-order valence-corrected chi connectivity index (χ1v) is 6.08. The normalized spacial score (nSPS) is 11.1. The van der Waals surface area contributed by atoms with E-state index in [-0.39, 0.29) is 0 Å².